The molecule has 4 aromatic heterocycles. The van der Waals surface area contributed by atoms with Crippen molar-refractivity contribution < 1.29 is 23.8 Å². The molecule has 0 spiro atoms. The number of piperidine rings is 2. The molecule has 4 aromatic rings. The van der Waals surface area contributed by atoms with Crippen LogP contribution in [0.5, 0.6) is 10.9 Å². The largest absolute Gasteiger partial charge is 0.483 e. The quantitative estimate of drug-likeness (QED) is 0.436. The van der Waals surface area contributed by atoms with Crippen molar-refractivity contribution in [2.45, 2.75) is 38.4 Å². The van der Waals surface area contributed by atoms with Crippen molar-refractivity contribution in [3.63, 3.8) is 0 Å². The minimum Gasteiger partial charge on any atom is -0.483 e. The number of thiazole rings is 1. The number of nitrogens with zero attached hydrogens (tertiary/aromatic N) is 5. The third kappa shape index (κ3) is 4.44. The number of fused-ring (bicyclic) bond motifs is 5. The summed E-state index contributed by atoms with van der Waals surface area (Å²) in [6.07, 6.45) is 5.62. The zero-order valence-corrected chi connectivity index (χ0v) is 19.3. The van der Waals surface area contributed by atoms with Gasteiger partial charge in [0.05, 0.1) is 17.4 Å². The number of carbonyl (C=O) groups is 2. The summed E-state index contributed by atoms with van der Waals surface area (Å²) in [7, 11) is 0. The lowest BCUT2D eigenvalue weighted by Crippen LogP contribution is -2.63. The highest BCUT2D eigenvalue weighted by Crippen LogP contribution is 2.33. The molecular weight excluding hydrogens is 458 g/mol. The van der Waals surface area contributed by atoms with Crippen molar-refractivity contribution in [1.29, 1.82) is 0 Å². The van der Waals surface area contributed by atoms with Crippen molar-refractivity contribution in [3.8, 4) is 10.9 Å². The highest BCUT2D eigenvalue weighted by Gasteiger charge is 2.40. The summed E-state index contributed by atoms with van der Waals surface area (Å²) >= 11 is 1.45. The molecule has 0 radical (unpaired) electrons. The van der Waals surface area contributed by atoms with Gasteiger partial charge < -0.3 is 19.2 Å². The van der Waals surface area contributed by atoms with Crippen molar-refractivity contribution >= 4 is 45.2 Å². The van der Waals surface area contributed by atoms with E-state index in [0.29, 0.717) is 34.3 Å². The van der Waals surface area contributed by atoms with E-state index in [1.54, 1.807) is 19.3 Å². The molecule has 176 valence electrons. The molecule has 0 aromatic carbocycles. The third-order valence-electron chi connectivity index (χ3n) is 6.15. The van der Waals surface area contributed by atoms with E-state index in [-0.39, 0.29) is 12.4 Å². The number of pyridine rings is 2. The van der Waals surface area contributed by atoms with Gasteiger partial charge in [0.2, 0.25) is 5.91 Å². The van der Waals surface area contributed by atoms with Gasteiger partial charge in [-0.2, -0.15) is 4.98 Å². The van der Waals surface area contributed by atoms with Crippen LogP contribution < -0.4 is 4.74 Å². The minimum atomic E-state index is -0.250. The zero-order valence-electron chi connectivity index (χ0n) is 18.5. The first-order chi connectivity index (χ1) is 16.5. The second-order valence-electron chi connectivity index (χ2n) is 8.27. The van der Waals surface area contributed by atoms with Gasteiger partial charge in [-0.1, -0.05) is 11.3 Å². The molecule has 10 nitrogen and oxygen atoms in total. The van der Waals surface area contributed by atoms with Gasteiger partial charge >= 0.3 is 0 Å². The van der Waals surface area contributed by atoms with Crippen LogP contribution in [0.15, 0.2) is 41.1 Å². The summed E-state index contributed by atoms with van der Waals surface area (Å²) in [5.41, 5.74) is 2.18. The van der Waals surface area contributed by atoms with E-state index < -0.39 is 0 Å². The van der Waals surface area contributed by atoms with Crippen LogP contribution in [0, 0.1) is 0 Å². The van der Waals surface area contributed by atoms with Gasteiger partial charge in [0.1, 0.15) is 11.3 Å². The molecule has 11 heteroatoms. The number of hydrogen-bond donors (Lipinski definition) is 1. The lowest BCUT2D eigenvalue weighted by atomic mass is 9.90. The molecule has 3 saturated heterocycles. The molecule has 1 N–H and O–H groups in total. The summed E-state index contributed by atoms with van der Waals surface area (Å²) in [6, 6.07) is 8.40. The fraction of sp³-hybridized carbons (Fsp3) is 0.348. The van der Waals surface area contributed by atoms with Crippen LogP contribution in [0.4, 0.5) is 0 Å². The highest BCUT2D eigenvalue weighted by molar-refractivity contribution is 7.20. The van der Waals surface area contributed by atoms with E-state index in [2.05, 4.69) is 19.9 Å². The highest BCUT2D eigenvalue weighted by atomic mass is 32.1. The molecule has 0 saturated carbocycles. The number of hydrogen-bond acceptors (Lipinski definition) is 9. The molecular formula is C23H23N5O5S. The second-order valence-corrected chi connectivity index (χ2v) is 9.26. The summed E-state index contributed by atoms with van der Waals surface area (Å²) in [4.78, 5) is 37.8. The number of ether oxygens (including phenoxy) is 1. The van der Waals surface area contributed by atoms with E-state index >= 15 is 0 Å². The summed E-state index contributed by atoms with van der Waals surface area (Å²) in [6.45, 7) is 3.85. The van der Waals surface area contributed by atoms with Crippen LogP contribution in [0.25, 0.3) is 21.4 Å². The standard InChI is InChI=1S/C22H21N5O3S.CH2O2/c1-13(28)27-11-14-4-5-15(27)10-26(14)12-17-7-18-19(29-17)8-16(9-24-18)30-22-25-21-20(31-22)3-2-6-23-21;2-1-3/h2-3,6-9,14-15H,4-5,10-12H2,1H3;1H,(H,2,3). The fourth-order valence-corrected chi connectivity index (χ4v) is 5.47. The maximum absolute atomic E-state index is 11.8. The number of amides is 1. The van der Waals surface area contributed by atoms with Gasteiger partial charge in [0.15, 0.2) is 17.0 Å². The Labute approximate surface area is 198 Å². The number of carboxylic acid groups (broad SMARTS) is 1. The van der Waals surface area contributed by atoms with Crippen molar-refractivity contribution in [3.05, 3.63) is 42.4 Å². The Hall–Kier alpha value is -3.57. The number of aromatic nitrogens is 3. The second kappa shape index (κ2) is 9.35. The lowest BCUT2D eigenvalue weighted by Gasteiger charge is -2.51. The molecule has 3 aliphatic rings. The van der Waals surface area contributed by atoms with Crippen LogP contribution in [0.1, 0.15) is 25.5 Å². The summed E-state index contributed by atoms with van der Waals surface area (Å²) < 4.78 is 13.0. The Bertz CT molecular complexity index is 1300. The molecule has 2 unspecified atom stereocenters. The first kappa shape index (κ1) is 22.2. The van der Waals surface area contributed by atoms with Crippen LogP contribution in [0.2, 0.25) is 0 Å². The topological polar surface area (TPSA) is 122 Å². The van der Waals surface area contributed by atoms with Gasteiger partial charge in [0, 0.05) is 50.4 Å². The molecule has 34 heavy (non-hydrogen) atoms. The third-order valence-corrected chi connectivity index (χ3v) is 7.04. The molecule has 7 rings (SSSR count). The zero-order chi connectivity index (χ0) is 23.7. The number of piperazine rings is 1. The predicted molar refractivity (Wildman–Crippen MR) is 125 cm³/mol. The van der Waals surface area contributed by atoms with Gasteiger partial charge in [-0.05, 0) is 25.0 Å². The average Bonchev–Trinajstić information content (AvgIpc) is 3.42. The van der Waals surface area contributed by atoms with Gasteiger partial charge in [-0.25, -0.2) is 9.97 Å². The first-order valence-corrected chi connectivity index (χ1v) is 11.7. The molecule has 0 aliphatic carbocycles. The Balaban J connectivity index is 0.000000764. The smallest absolute Gasteiger partial charge is 0.290 e. The molecule has 3 fully saturated rings. The van der Waals surface area contributed by atoms with E-state index in [4.69, 9.17) is 19.1 Å². The first-order valence-electron chi connectivity index (χ1n) is 10.9. The maximum atomic E-state index is 11.8. The molecule has 3 aliphatic heterocycles. The fourth-order valence-electron chi connectivity index (χ4n) is 4.67. The minimum absolute atomic E-state index is 0.179. The average molecular weight is 482 g/mol. The SMILES string of the molecule is CC(=O)N1CC2CCC1CN2Cc1cc2ncc(Oc3nc4ncccc4s3)cc2o1.O=CO. The molecule has 2 atom stereocenters. The van der Waals surface area contributed by atoms with E-state index in [9.17, 15) is 4.79 Å². The monoisotopic (exact) mass is 481 g/mol. The molecule has 7 heterocycles. The number of carbonyl (C=O) groups excluding carboxylic acids is 1. The van der Waals surface area contributed by atoms with Gasteiger partial charge in [-0.15, -0.1) is 0 Å². The Morgan fingerprint density at radius 2 is 2.12 bits per heavy atom. The Morgan fingerprint density at radius 1 is 1.29 bits per heavy atom. The summed E-state index contributed by atoms with van der Waals surface area (Å²) in [5.74, 6) is 1.64. The molecule has 1 amide bonds. The number of rotatable bonds is 4. The van der Waals surface area contributed by atoms with E-state index in [1.807, 2.05) is 29.2 Å². The van der Waals surface area contributed by atoms with Crippen LogP contribution in [-0.2, 0) is 16.1 Å². The predicted octanol–water partition coefficient (Wildman–Crippen LogP) is 3.52. The van der Waals surface area contributed by atoms with E-state index in [1.165, 1.54) is 11.3 Å². The number of furan rings is 1. The summed E-state index contributed by atoms with van der Waals surface area (Å²) in [5, 5.41) is 7.42. The van der Waals surface area contributed by atoms with Gasteiger partial charge in [-0.3, -0.25) is 14.5 Å². The Morgan fingerprint density at radius 3 is 2.85 bits per heavy atom. The van der Waals surface area contributed by atoms with Crippen LogP contribution in [0.3, 0.4) is 0 Å². The van der Waals surface area contributed by atoms with Crippen molar-refractivity contribution in [2.75, 3.05) is 13.1 Å². The van der Waals surface area contributed by atoms with Crippen molar-refractivity contribution in [2.24, 2.45) is 0 Å². The normalized spacial score (nSPS) is 19.7. The van der Waals surface area contributed by atoms with E-state index in [0.717, 1.165) is 48.5 Å². The lowest BCUT2D eigenvalue weighted by molar-refractivity contribution is -0.139. The van der Waals surface area contributed by atoms with Crippen LogP contribution >= 0.6 is 11.3 Å². The Kier molecular flexibility index (Phi) is 6.12. The van der Waals surface area contributed by atoms with Gasteiger partial charge in [0.25, 0.3) is 11.7 Å². The maximum Gasteiger partial charge on any atom is 0.290 e. The van der Waals surface area contributed by atoms with Crippen LogP contribution in [-0.4, -0.2) is 67.4 Å². The van der Waals surface area contributed by atoms with Crippen molar-refractivity contribution in [1.82, 2.24) is 24.8 Å². The molecule has 2 bridgehead atoms.